The number of carbonyl (C=O) groups is 1. The van der Waals surface area contributed by atoms with Gasteiger partial charge in [-0.3, -0.25) is 4.79 Å². The van der Waals surface area contributed by atoms with Gasteiger partial charge in [-0.25, -0.2) is 0 Å². The van der Waals surface area contributed by atoms with Crippen LogP contribution in [0, 0.1) is 0 Å². The number of hydrogen-bond donors (Lipinski definition) is 1. The Hall–Kier alpha value is -2.13. The number of ether oxygens (including phenoxy) is 1. The molecule has 1 saturated heterocycles. The maximum atomic E-state index is 10.9. The van der Waals surface area contributed by atoms with Gasteiger partial charge in [0.05, 0.1) is 6.10 Å². The third-order valence-electron chi connectivity index (χ3n) is 3.56. The predicted octanol–water partition coefficient (Wildman–Crippen LogP) is 4.97. The average molecular weight is 342 g/mol. The van der Waals surface area contributed by atoms with Gasteiger partial charge in [-0.1, -0.05) is 73.8 Å². The van der Waals surface area contributed by atoms with E-state index in [9.17, 15) is 9.90 Å². The average Bonchev–Trinajstić information content (AvgIpc) is 3.01. The van der Waals surface area contributed by atoms with Crippen LogP contribution in [0.1, 0.15) is 45.4 Å². The number of aliphatic hydroxyl groups is 1. The molecular weight excluding hydrogens is 312 g/mol. The molecule has 1 aliphatic rings. The maximum absolute atomic E-state index is 10.9. The first-order chi connectivity index (χ1) is 12.2. The van der Waals surface area contributed by atoms with Crippen LogP contribution in [0.5, 0.6) is 0 Å². The van der Waals surface area contributed by atoms with E-state index < -0.39 is 6.10 Å². The number of hydrogen-bond acceptors (Lipinski definition) is 3. The highest BCUT2D eigenvalue weighted by Crippen LogP contribution is 2.14. The summed E-state index contributed by atoms with van der Waals surface area (Å²) in [7, 11) is 0. The van der Waals surface area contributed by atoms with E-state index in [2.05, 4.69) is 37.3 Å². The van der Waals surface area contributed by atoms with Crippen LogP contribution in [0.4, 0.5) is 0 Å². The van der Waals surface area contributed by atoms with Crippen molar-refractivity contribution in [3.63, 3.8) is 0 Å². The molecular formula is C22H30O3. The van der Waals surface area contributed by atoms with Gasteiger partial charge in [-0.2, -0.15) is 0 Å². The lowest BCUT2D eigenvalue weighted by Gasteiger charge is -1.99. The van der Waals surface area contributed by atoms with Crippen molar-refractivity contribution in [2.45, 2.75) is 57.7 Å². The zero-order valence-corrected chi connectivity index (χ0v) is 15.1. The van der Waals surface area contributed by atoms with Crippen LogP contribution < -0.4 is 0 Å². The highest BCUT2D eigenvalue weighted by atomic mass is 16.5. The summed E-state index contributed by atoms with van der Waals surface area (Å²) in [5.74, 6) is -0.104. The Morgan fingerprint density at radius 3 is 2.40 bits per heavy atom. The molecule has 0 amide bonds. The molecule has 25 heavy (non-hydrogen) atoms. The molecule has 0 spiro atoms. The molecule has 0 radical (unpaired) electrons. The van der Waals surface area contributed by atoms with Crippen molar-refractivity contribution in [1.29, 1.82) is 0 Å². The summed E-state index contributed by atoms with van der Waals surface area (Å²) >= 11 is 0. The summed E-state index contributed by atoms with van der Waals surface area (Å²) in [6, 6.07) is 0. The fraction of sp³-hybridized carbons (Fsp3) is 0.409. The van der Waals surface area contributed by atoms with E-state index in [0.717, 1.165) is 25.7 Å². The first-order valence-electron chi connectivity index (χ1n) is 9.06. The van der Waals surface area contributed by atoms with Gasteiger partial charge in [0, 0.05) is 6.42 Å². The summed E-state index contributed by atoms with van der Waals surface area (Å²) in [6.07, 6.45) is 28.2. The van der Waals surface area contributed by atoms with Gasteiger partial charge in [-0.15, -0.1) is 0 Å². The Bertz CT molecular complexity index is 535. The Morgan fingerprint density at radius 1 is 1.04 bits per heavy atom. The first kappa shape index (κ1) is 20.9. The first-order valence-corrected chi connectivity index (χ1v) is 9.06. The van der Waals surface area contributed by atoms with Gasteiger partial charge in [0.25, 0.3) is 0 Å². The topological polar surface area (TPSA) is 46.5 Å². The van der Waals surface area contributed by atoms with Gasteiger partial charge in [0.1, 0.15) is 6.10 Å². The molecule has 1 rings (SSSR count). The third kappa shape index (κ3) is 12.0. The van der Waals surface area contributed by atoms with E-state index in [1.807, 2.05) is 36.5 Å². The number of esters is 1. The molecule has 1 heterocycles. The van der Waals surface area contributed by atoms with Crippen molar-refractivity contribution in [3.8, 4) is 0 Å². The fourth-order valence-electron chi connectivity index (χ4n) is 2.21. The highest BCUT2D eigenvalue weighted by Gasteiger charge is 2.19. The summed E-state index contributed by atoms with van der Waals surface area (Å²) in [5, 5.41) is 9.68. The van der Waals surface area contributed by atoms with E-state index in [-0.39, 0.29) is 12.1 Å². The monoisotopic (exact) mass is 342 g/mol. The normalized spacial score (nSPS) is 20.4. The zero-order chi connectivity index (χ0) is 18.2. The van der Waals surface area contributed by atoms with Crippen LogP contribution in [0.3, 0.4) is 0 Å². The van der Waals surface area contributed by atoms with Crippen LogP contribution in [0.15, 0.2) is 72.9 Å². The van der Waals surface area contributed by atoms with Crippen LogP contribution >= 0.6 is 0 Å². The van der Waals surface area contributed by atoms with Gasteiger partial charge in [-0.05, 0) is 38.2 Å². The van der Waals surface area contributed by atoms with E-state index in [4.69, 9.17) is 4.74 Å². The van der Waals surface area contributed by atoms with E-state index >= 15 is 0 Å². The third-order valence-corrected chi connectivity index (χ3v) is 3.56. The minimum Gasteiger partial charge on any atom is -0.458 e. The molecule has 0 aromatic carbocycles. The van der Waals surface area contributed by atoms with Crippen molar-refractivity contribution in [1.82, 2.24) is 0 Å². The molecule has 3 nitrogen and oxygen atoms in total. The van der Waals surface area contributed by atoms with E-state index in [1.54, 1.807) is 6.08 Å². The molecule has 1 aliphatic heterocycles. The van der Waals surface area contributed by atoms with Crippen molar-refractivity contribution >= 4 is 5.97 Å². The second-order valence-electron chi connectivity index (χ2n) is 5.82. The lowest BCUT2D eigenvalue weighted by atomic mass is 10.2. The summed E-state index contributed by atoms with van der Waals surface area (Å²) < 4.78 is 5.09. The van der Waals surface area contributed by atoms with Gasteiger partial charge in [0.15, 0.2) is 0 Å². The summed E-state index contributed by atoms with van der Waals surface area (Å²) in [6.45, 7) is 2.08. The molecule has 2 atom stereocenters. The quantitative estimate of drug-likeness (QED) is 0.327. The van der Waals surface area contributed by atoms with Crippen LogP contribution in [0.2, 0.25) is 0 Å². The molecule has 0 bridgehead atoms. The molecule has 1 fully saturated rings. The van der Waals surface area contributed by atoms with Gasteiger partial charge >= 0.3 is 5.97 Å². The molecule has 0 aromatic rings. The largest absolute Gasteiger partial charge is 0.458 e. The fourth-order valence-corrected chi connectivity index (χ4v) is 2.21. The van der Waals surface area contributed by atoms with Gasteiger partial charge < -0.3 is 9.84 Å². The summed E-state index contributed by atoms with van der Waals surface area (Å²) in [5.41, 5.74) is 0. The van der Waals surface area contributed by atoms with E-state index in [1.165, 1.54) is 0 Å². The van der Waals surface area contributed by atoms with Crippen molar-refractivity contribution < 1.29 is 14.6 Å². The van der Waals surface area contributed by atoms with Crippen molar-refractivity contribution in [3.05, 3.63) is 72.9 Å². The lowest BCUT2D eigenvalue weighted by molar-refractivity contribution is -0.139. The molecule has 0 unspecified atom stereocenters. The SMILES string of the molecule is CCC=CC[C@H](O)C=CC=CCC=CCC=CC=C[C@@H]1CCC(=O)O1. The number of cyclic esters (lactones) is 1. The number of allylic oxidation sites excluding steroid dienone is 9. The second kappa shape index (κ2) is 14.2. The minimum absolute atomic E-state index is 0.0490. The Morgan fingerprint density at radius 2 is 1.76 bits per heavy atom. The summed E-state index contributed by atoms with van der Waals surface area (Å²) in [4.78, 5) is 10.9. The predicted molar refractivity (Wildman–Crippen MR) is 104 cm³/mol. The van der Waals surface area contributed by atoms with Crippen LogP contribution in [-0.2, 0) is 9.53 Å². The molecule has 0 aromatic heterocycles. The van der Waals surface area contributed by atoms with Crippen molar-refractivity contribution in [2.75, 3.05) is 0 Å². The highest BCUT2D eigenvalue weighted by molar-refractivity contribution is 5.71. The number of rotatable bonds is 11. The molecule has 0 aliphatic carbocycles. The van der Waals surface area contributed by atoms with Gasteiger partial charge in [0.2, 0.25) is 0 Å². The molecule has 0 saturated carbocycles. The second-order valence-corrected chi connectivity index (χ2v) is 5.82. The lowest BCUT2D eigenvalue weighted by Crippen LogP contribution is -2.01. The van der Waals surface area contributed by atoms with Crippen LogP contribution in [-0.4, -0.2) is 23.3 Å². The number of carbonyl (C=O) groups excluding carboxylic acids is 1. The zero-order valence-electron chi connectivity index (χ0n) is 15.1. The Labute approximate surface area is 151 Å². The molecule has 3 heteroatoms. The van der Waals surface area contributed by atoms with Crippen LogP contribution in [0.25, 0.3) is 0 Å². The molecule has 1 N–H and O–H groups in total. The van der Waals surface area contributed by atoms with E-state index in [0.29, 0.717) is 12.8 Å². The smallest absolute Gasteiger partial charge is 0.306 e. The minimum atomic E-state index is -0.408. The molecule has 136 valence electrons. The standard InChI is InChI=1S/C22H30O3/c1-2-3-12-15-20(23)16-13-10-8-6-4-5-7-9-11-14-17-21-18-19-22(24)25-21/h3-5,8-14,16-17,20-21,23H,2,6-7,15,18-19H2,1H3/t20-,21+/m0/s1. The number of aliphatic hydroxyl groups excluding tert-OH is 1. The Balaban J connectivity index is 2.07. The Kier molecular flexibility index (Phi) is 11.9. The van der Waals surface area contributed by atoms with Crippen molar-refractivity contribution in [2.24, 2.45) is 0 Å². The maximum Gasteiger partial charge on any atom is 0.306 e.